The zero-order valence-electron chi connectivity index (χ0n) is 17.2. The highest BCUT2D eigenvalue weighted by atomic mass is 19.4. The maximum atomic E-state index is 13.7. The molecule has 2 saturated carbocycles. The molecule has 2 aromatic rings. The number of amides is 2. The maximum Gasteiger partial charge on any atom is 0.419 e. The molecule has 166 valence electrons. The quantitative estimate of drug-likeness (QED) is 0.804. The molecule has 2 aliphatic carbocycles. The lowest BCUT2D eigenvalue weighted by atomic mass is 9.80. The minimum Gasteiger partial charge on any atom is -0.383 e. The molecule has 0 aromatic carbocycles. The number of halogens is 3. The van der Waals surface area contributed by atoms with Crippen molar-refractivity contribution in [2.75, 3.05) is 25.4 Å². The van der Waals surface area contributed by atoms with E-state index in [4.69, 9.17) is 5.73 Å². The van der Waals surface area contributed by atoms with Gasteiger partial charge in [0.05, 0.1) is 5.56 Å². The summed E-state index contributed by atoms with van der Waals surface area (Å²) >= 11 is 0. The van der Waals surface area contributed by atoms with E-state index in [9.17, 15) is 22.8 Å². The number of carbonyl (C=O) groups excluding carboxylic acids is 2. The summed E-state index contributed by atoms with van der Waals surface area (Å²) in [7, 11) is 0. The molecule has 0 unspecified atom stereocenters. The van der Waals surface area contributed by atoms with Crippen LogP contribution in [0.1, 0.15) is 60.1 Å². The highest BCUT2D eigenvalue weighted by Crippen LogP contribution is 2.43. The second kappa shape index (κ2) is 6.86. The second-order valence-corrected chi connectivity index (χ2v) is 9.04. The van der Waals surface area contributed by atoms with Crippen LogP contribution in [0.3, 0.4) is 0 Å². The fourth-order valence-electron chi connectivity index (χ4n) is 4.70. The minimum atomic E-state index is -4.62. The Hall–Kier alpha value is -2.78. The van der Waals surface area contributed by atoms with Crippen LogP contribution in [0.2, 0.25) is 0 Å². The Balaban J connectivity index is 1.44. The third-order valence-electron chi connectivity index (χ3n) is 6.67. The number of hydrogen-bond donors (Lipinski definition) is 1. The molecule has 3 aliphatic rings. The first-order chi connectivity index (χ1) is 14.6. The van der Waals surface area contributed by atoms with E-state index < -0.39 is 17.6 Å². The molecule has 2 amide bonds. The van der Waals surface area contributed by atoms with Gasteiger partial charge >= 0.3 is 6.18 Å². The average molecular weight is 435 g/mol. The molecule has 0 radical (unpaired) electrons. The van der Waals surface area contributed by atoms with E-state index in [1.54, 1.807) is 11.1 Å². The summed E-state index contributed by atoms with van der Waals surface area (Å²) in [5.74, 6) is -0.219. The summed E-state index contributed by atoms with van der Waals surface area (Å²) in [5.41, 5.74) is 5.12. The van der Waals surface area contributed by atoms with Gasteiger partial charge in [-0.05, 0) is 49.1 Å². The molecule has 2 aromatic heterocycles. The maximum absolute atomic E-state index is 13.7. The number of alkyl halides is 3. The topological polar surface area (TPSA) is 83.9 Å². The largest absolute Gasteiger partial charge is 0.419 e. The number of imidazole rings is 1. The summed E-state index contributed by atoms with van der Waals surface area (Å²) in [5, 5.41) is 0. The summed E-state index contributed by atoms with van der Waals surface area (Å²) in [6.07, 6.45) is 0.504. The molecule has 3 heterocycles. The van der Waals surface area contributed by atoms with Crippen LogP contribution >= 0.6 is 0 Å². The normalized spacial score (nSPS) is 24.6. The van der Waals surface area contributed by atoms with Gasteiger partial charge in [-0.1, -0.05) is 6.92 Å². The zero-order chi connectivity index (χ0) is 22.1. The molecule has 5 rings (SSSR count). The van der Waals surface area contributed by atoms with Crippen LogP contribution in [-0.2, 0) is 11.0 Å². The molecular weight excluding hydrogens is 411 g/mol. The lowest BCUT2D eigenvalue weighted by Crippen LogP contribution is -2.58. The number of rotatable bonds is 3. The van der Waals surface area contributed by atoms with Crippen molar-refractivity contribution in [3.05, 3.63) is 29.1 Å². The van der Waals surface area contributed by atoms with Crippen LogP contribution in [0, 0.1) is 5.92 Å². The van der Waals surface area contributed by atoms with Gasteiger partial charge in [-0.15, -0.1) is 0 Å². The van der Waals surface area contributed by atoms with E-state index in [0.717, 1.165) is 36.2 Å². The SMILES string of the molecule is C[C@H]1C[C@@H](N2CCN(C(=O)c3nc4c(C(F)(F)F)cc(C5CC5)cn4c3N)CC2=O)C1. The lowest BCUT2D eigenvalue weighted by molar-refractivity contribution is -0.140. The highest BCUT2D eigenvalue weighted by Gasteiger charge is 2.40. The van der Waals surface area contributed by atoms with E-state index >= 15 is 0 Å². The highest BCUT2D eigenvalue weighted by molar-refractivity contribution is 6.00. The molecule has 1 saturated heterocycles. The Bertz CT molecular complexity index is 1070. The van der Waals surface area contributed by atoms with E-state index in [2.05, 4.69) is 11.9 Å². The number of aromatic nitrogens is 2. The number of carbonyl (C=O) groups is 2. The van der Waals surface area contributed by atoms with Crippen LogP contribution in [-0.4, -0.2) is 56.7 Å². The van der Waals surface area contributed by atoms with Crippen molar-refractivity contribution in [3.8, 4) is 0 Å². The molecular formula is C21H24F3N5O2. The molecule has 0 atom stereocenters. The fraction of sp³-hybridized carbons (Fsp3) is 0.571. The number of pyridine rings is 1. The summed E-state index contributed by atoms with van der Waals surface area (Å²) in [4.78, 5) is 32.8. The van der Waals surface area contributed by atoms with Gasteiger partial charge in [0.2, 0.25) is 5.91 Å². The van der Waals surface area contributed by atoms with Gasteiger partial charge in [0.1, 0.15) is 12.4 Å². The van der Waals surface area contributed by atoms with Crippen molar-refractivity contribution >= 4 is 23.3 Å². The first-order valence-electron chi connectivity index (χ1n) is 10.6. The Morgan fingerprint density at radius 2 is 1.94 bits per heavy atom. The van der Waals surface area contributed by atoms with Gasteiger partial charge < -0.3 is 15.5 Å². The van der Waals surface area contributed by atoms with Crippen molar-refractivity contribution in [2.24, 2.45) is 5.92 Å². The third kappa shape index (κ3) is 3.41. The second-order valence-electron chi connectivity index (χ2n) is 9.04. The Kier molecular flexibility index (Phi) is 4.46. The Morgan fingerprint density at radius 1 is 1.23 bits per heavy atom. The Labute approximate surface area is 177 Å². The molecule has 0 bridgehead atoms. The first kappa shape index (κ1) is 20.1. The van der Waals surface area contributed by atoms with Gasteiger partial charge in [-0.25, -0.2) is 4.98 Å². The number of hydrogen-bond acceptors (Lipinski definition) is 4. The van der Waals surface area contributed by atoms with Gasteiger partial charge in [-0.3, -0.25) is 14.0 Å². The molecule has 3 fully saturated rings. The van der Waals surface area contributed by atoms with Crippen LogP contribution in [0.5, 0.6) is 0 Å². The zero-order valence-corrected chi connectivity index (χ0v) is 17.2. The summed E-state index contributed by atoms with van der Waals surface area (Å²) in [6.45, 7) is 2.74. The van der Waals surface area contributed by atoms with Crippen LogP contribution in [0.15, 0.2) is 12.3 Å². The number of nitrogen functional groups attached to an aromatic ring is 1. The monoisotopic (exact) mass is 435 g/mol. The fourth-order valence-corrected chi connectivity index (χ4v) is 4.70. The van der Waals surface area contributed by atoms with Gasteiger partial charge in [0.25, 0.3) is 5.91 Å². The van der Waals surface area contributed by atoms with E-state index in [1.807, 2.05) is 0 Å². The predicted octanol–water partition coefficient (Wildman–Crippen LogP) is 2.90. The lowest BCUT2D eigenvalue weighted by Gasteiger charge is -2.45. The number of piperazine rings is 1. The summed E-state index contributed by atoms with van der Waals surface area (Å²) in [6, 6.07) is 1.32. The predicted molar refractivity (Wildman–Crippen MR) is 106 cm³/mol. The van der Waals surface area contributed by atoms with Crippen molar-refractivity contribution in [2.45, 2.75) is 50.7 Å². The molecule has 7 nitrogen and oxygen atoms in total. The number of anilines is 1. The van der Waals surface area contributed by atoms with Crippen molar-refractivity contribution in [3.63, 3.8) is 0 Å². The van der Waals surface area contributed by atoms with Crippen LogP contribution in [0.4, 0.5) is 19.0 Å². The number of nitrogens with zero attached hydrogens (tertiary/aromatic N) is 4. The van der Waals surface area contributed by atoms with Gasteiger partial charge in [-0.2, -0.15) is 13.2 Å². The average Bonchev–Trinajstić information content (AvgIpc) is 3.48. The molecule has 31 heavy (non-hydrogen) atoms. The van der Waals surface area contributed by atoms with Crippen LogP contribution < -0.4 is 5.73 Å². The van der Waals surface area contributed by atoms with E-state index in [1.165, 1.54) is 4.90 Å². The molecule has 10 heteroatoms. The van der Waals surface area contributed by atoms with Gasteiger partial charge in [0, 0.05) is 25.3 Å². The summed E-state index contributed by atoms with van der Waals surface area (Å²) < 4.78 is 42.2. The molecule has 2 N–H and O–H groups in total. The minimum absolute atomic E-state index is 0.0753. The number of nitrogens with two attached hydrogens (primary N) is 1. The molecule has 0 spiro atoms. The van der Waals surface area contributed by atoms with Crippen molar-refractivity contribution in [1.82, 2.24) is 19.2 Å². The standard InChI is InChI=1S/C21H24F3N5O2/c1-11-6-14(7-11)28-5-4-27(10-16(28)30)20(31)17-18(25)29-9-13(12-2-3-12)8-15(19(29)26-17)21(22,23)24/h8-9,11-12,14H,2-7,10,25H2,1H3/t11-,14+. The Morgan fingerprint density at radius 3 is 2.52 bits per heavy atom. The van der Waals surface area contributed by atoms with Crippen LogP contribution in [0.25, 0.3) is 5.65 Å². The smallest absolute Gasteiger partial charge is 0.383 e. The van der Waals surface area contributed by atoms with Gasteiger partial charge in [0.15, 0.2) is 11.3 Å². The van der Waals surface area contributed by atoms with Crippen molar-refractivity contribution in [1.29, 1.82) is 0 Å². The number of fused-ring (bicyclic) bond motifs is 1. The third-order valence-corrected chi connectivity index (χ3v) is 6.67. The van der Waals surface area contributed by atoms with E-state index in [-0.39, 0.29) is 41.6 Å². The molecule has 1 aliphatic heterocycles. The van der Waals surface area contributed by atoms with E-state index in [0.29, 0.717) is 24.6 Å². The van der Waals surface area contributed by atoms with Crippen molar-refractivity contribution < 1.29 is 22.8 Å². The first-order valence-corrected chi connectivity index (χ1v) is 10.6.